The van der Waals surface area contributed by atoms with E-state index < -0.39 is 11.5 Å². The van der Waals surface area contributed by atoms with E-state index in [9.17, 15) is 9.90 Å². The highest BCUT2D eigenvalue weighted by atomic mass is 16.4. The standard InChI is InChI=1S/C16H28N2O2/c1-15(2)7-9-18(10-8-15)11-16(14(19)20,12-3-4-12)17-13-5-6-13/h12-13,17H,3-11H2,1-2H3,(H,19,20). The molecule has 3 rings (SSSR count). The maximum atomic E-state index is 12.0. The minimum absolute atomic E-state index is 0.343. The Labute approximate surface area is 121 Å². The van der Waals surface area contributed by atoms with Crippen molar-refractivity contribution in [3.63, 3.8) is 0 Å². The first-order chi connectivity index (χ1) is 9.41. The van der Waals surface area contributed by atoms with Gasteiger partial charge in [0.25, 0.3) is 0 Å². The topological polar surface area (TPSA) is 52.6 Å². The Bertz CT molecular complexity index is 378. The first kappa shape index (κ1) is 14.3. The van der Waals surface area contributed by atoms with Gasteiger partial charge in [-0.2, -0.15) is 0 Å². The van der Waals surface area contributed by atoms with E-state index in [1.54, 1.807) is 0 Å². The molecular formula is C16H28N2O2. The fourth-order valence-corrected chi connectivity index (χ4v) is 3.43. The molecule has 1 unspecified atom stereocenters. The van der Waals surface area contributed by atoms with Crippen LogP contribution < -0.4 is 5.32 Å². The molecule has 2 N–H and O–H groups in total. The highest BCUT2D eigenvalue weighted by Crippen LogP contribution is 2.43. The van der Waals surface area contributed by atoms with Crippen molar-refractivity contribution in [1.29, 1.82) is 0 Å². The summed E-state index contributed by atoms with van der Waals surface area (Å²) in [6.45, 7) is 7.41. The summed E-state index contributed by atoms with van der Waals surface area (Å²) in [7, 11) is 0. The Balaban J connectivity index is 1.68. The lowest BCUT2D eigenvalue weighted by atomic mass is 9.81. The van der Waals surface area contributed by atoms with E-state index >= 15 is 0 Å². The van der Waals surface area contributed by atoms with Gasteiger partial charge in [-0.1, -0.05) is 13.8 Å². The molecule has 0 bridgehead atoms. The maximum absolute atomic E-state index is 12.0. The minimum Gasteiger partial charge on any atom is -0.480 e. The van der Waals surface area contributed by atoms with Gasteiger partial charge in [0, 0.05) is 12.6 Å². The van der Waals surface area contributed by atoms with Crippen molar-refractivity contribution in [2.24, 2.45) is 11.3 Å². The van der Waals surface area contributed by atoms with Crippen LogP contribution in [0.4, 0.5) is 0 Å². The second-order valence-electron chi connectivity index (χ2n) is 7.91. The lowest BCUT2D eigenvalue weighted by Crippen LogP contribution is -2.62. The molecule has 1 aliphatic heterocycles. The molecule has 0 amide bonds. The van der Waals surface area contributed by atoms with E-state index in [1.807, 2.05) is 0 Å². The second-order valence-corrected chi connectivity index (χ2v) is 7.91. The average Bonchev–Trinajstić information content (AvgIpc) is 3.24. The van der Waals surface area contributed by atoms with Crippen molar-refractivity contribution in [1.82, 2.24) is 10.2 Å². The number of aliphatic carboxylic acids is 1. The van der Waals surface area contributed by atoms with E-state index in [1.165, 1.54) is 12.8 Å². The largest absolute Gasteiger partial charge is 0.480 e. The van der Waals surface area contributed by atoms with Gasteiger partial charge in [0.2, 0.25) is 0 Å². The number of hydrogen-bond donors (Lipinski definition) is 2. The fraction of sp³-hybridized carbons (Fsp3) is 0.938. The summed E-state index contributed by atoms with van der Waals surface area (Å²) in [5.41, 5.74) is -0.255. The third kappa shape index (κ3) is 3.01. The van der Waals surface area contributed by atoms with Crippen molar-refractivity contribution in [2.45, 2.75) is 64.0 Å². The molecule has 2 saturated carbocycles. The molecule has 1 atom stereocenters. The summed E-state index contributed by atoms with van der Waals surface area (Å²) in [5, 5.41) is 13.3. The summed E-state index contributed by atoms with van der Waals surface area (Å²) in [4.78, 5) is 14.4. The fourth-order valence-electron chi connectivity index (χ4n) is 3.43. The molecule has 3 fully saturated rings. The van der Waals surface area contributed by atoms with Crippen LogP contribution in [0, 0.1) is 11.3 Å². The van der Waals surface area contributed by atoms with Gasteiger partial charge in [-0.15, -0.1) is 0 Å². The number of likely N-dealkylation sites (tertiary alicyclic amines) is 1. The Kier molecular flexibility index (Phi) is 3.57. The van der Waals surface area contributed by atoms with Crippen LogP contribution in [-0.4, -0.2) is 47.2 Å². The number of nitrogens with one attached hydrogen (secondary N) is 1. The maximum Gasteiger partial charge on any atom is 0.325 e. The molecule has 3 aliphatic rings. The third-order valence-electron chi connectivity index (χ3n) is 5.38. The molecule has 4 nitrogen and oxygen atoms in total. The van der Waals surface area contributed by atoms with Gasteiger partial charge in [0.1, 0.15) is 5.54 Å². The monoisotopic (exact) mass is 280 g/mol. The van der Waals surface area contributed by atoms with Crippen molar-refractivity contribution in [2.75, 3.05) is 19.6 Å². The third-order valence-corrected chi connectivity index (χ3v) is 5.38. The molecule has 0 aromatic heterocycles. The molecule has 0 aromatic rings. The molecule has 1 heterocycles. The van der Waals surface area contributed by atoms with E-state index in [2.05, 4.69) is 24.1 Å². The molecule has 0 radical (unpaired) electrons. The van der Waals surface area contributed by atoms with Crippen LogP contribution in [0.15, 0.2) is 0 Å². The second kappa shape index (κ2) is 4.99. The van der Waals surface area contributed by atoms with Gasteiger partial charge in [0.15, 0.2) is 0 Å². The summed E-state index contributed by atoms with van der Waals surface area (Å²) >= 11 is 0. The SMILES string of the molecule is CC1(C)CCN(CC(NC2CC2)(C(=O)O)C2CC2)CC1. The van der Waals surface area contributed by atoms with Gasteiger partial charge in [-0.3, -0.25) is 10.1 Å². The van der Waals surface area contributed by atoms with Crippen LogP contribution in [0.3, 0.4) is 0 Å². The van der Waals surface area contributed by atoms with E-state index in [4.69, 9.17) is 0 Å². The Hall–Kier alpha value is -0.610. The number of nitrogens with zero attached hydrogens (tertiary/aromatic N) is 1. The minimum atomic E-state index is -0.678. The molecule has 2 aliphatic carbocycles. The Morgan fingerprint density at radius 3 is 2.30 bits per heavy atom. The van der Waals surface area contributed by atoms with Crippen LogP contribution in [0.1, 0.15) is 52.4 Å². The number of carboxylic acids is 1. The highest BCUT2D eigenvalue weighted by molar-refractivity contribution is 5.80. The first-order valence-corrected chi connectivity index (χ1v) is 8.15. The van der Waals surface area contributed by atoms with Gasteiger partial charge < -0.3 is 10.0 Å². The molecule has 1 saturated heterocycles. The number of piperidine rings is 1. The van der Waals surface area contributed by atoms with Crippen LogP contribution in [0.5, 0.6) is 0 Å². The summed E-state index contributed by atoms with van der Waals surface area (Å²) < 4.78 is 0. The normalized spacial score (nSPS) is 29.9. The van der Waals surface area contributed by atoms with E-state index in [0.717, 1.165) is 38.8 Å². The molecule has 20 heavy (non-hydrogen) atoms. The van der Waals surface area contributed by atoms with Crippen molar-refractivity contribution in [3.05, 3.63) is 0 Å². The lowest BCUT2D eigenvalue weighted by Gasteiger charge is -2.42. The van der Waals surface area contributed by atoms with Crippen molar-refractivity contribution >= 4 is 5.97 Å². The van der Waals surface area contributed by atoms with Gasteiger partial charge in [-0.05, 0) is 62.9 Å². The predicted molar refractivity (Wildman–Crippen MR) is 78.7 cm³/mol. The van der Waals surface area contributed by atoms with Crippen LogP contribution in [0.2, 0.25) is 0 Å². The number of carbonyl (C=O) groups is 1. The molecule has 114 valence electrons. The predicted octanol–water partition coefficient (Wildman–Crippen LogP) is 2.09. The summed E-state index contributed by atoms with van der Waals surface area (Å²) in [6, 6.07) is 0.452. The highest BCUT2D eigenvalue weighted by Gasteiger charge is 2.54. The van der Waals surface area contributed by atoms with Crippen molar-refractivity contribution in [3.8, 4) is 0 Å². The lowest BCUT2D eigenvalue weighted by molar-refractivity contribution is -0.147. The van der Waals surface area contributed by atoms with Crippen LogP contribution in [-0.2, 0) is 4.79 Å². The van der Waals surface area contributed by atoms with Crippen LogP contribution >= 0.6 is 0 Å². The van der Waals surface area contributed by atoms with E-state index in [-0.39, 0.29) is 0 Å². The first-order valence-electron chi connectivity index (χ1n) is 8.15. The molecule has 0 spiro atoms. The summed E-state index contributed by atoms with van der Waals surface area (Å²) in [6.07, 6.45) is 6.80. The number of rotatable bonds is 6. The molecule has 4 heteroatoms. The van der Waals surface area contributed by atoms with Gasteiger partial charge in [0.05, 0.1) is 0 Å². The zero-order valence-electron chi connectivity index (χ0n) is 12.8. The average molecular weight is 280 g/mol. The number of carboxylic acid groups (broad SMARTS) is 1. The quantitative estimate of drug-likeness (QED) is 0.782. The van der Waals surface area contributed by atoms with Gasteiger partial charge >= 0.3 is 5.97 Å². The molecular weight excluding hydrogens is 252 g/mol. The zero-order chi connectivity index (χ0) is 14.4. The Morgan fingerprint density at radius 2 is 1.85 bits per heavy atom. The van der Waals surface area contributed by atoms with Crippen LogP contribution in [0.25, 0.3) is 0 Å². The number of hydrogen-bond acceptors (Lipinski definition) is 3. The Morgan fingerprint density at radius 1 is 1.25 bits per heavy atom. The van der Waals surface area contributed by atoms with E-state index in [0.29, 0.717) is 23.9 Å². The van der Waals surface area contributed by atoms with Crippen molar-refractivity contribution < 1.29 is 9.90 Å². The summed E-state index contributed by atoms with van der Waals surface area (Å²) in [5.74, 6) is -0.285. The smallest absolute Gasteiger partial charge is 0.325 e. The van der Waals surface area contributed by atoms with Gasteiger partial charge in [-0.25, -0.2) is 0 Å². The zero-order valence-corrected chi connectivity index (χ0v) is 12.8. The molecule has 0 aromatic carbocycles.